The van der Waals surface area contributed by atoms with Gasteiger partial charge in [-0.1, -0.05) is 0 Å². The summed E-state index contributed by atoms with van der Waals surface area (Å²) in [5.41, 5.74) is 6.56. The van der Waals surface area contributed by atoms with Crippen molar-refractivity contribution < 1.29 is 19.7 Å². The smallest absolute Gasteiger partial charge is 0.131 e. The van der Waals surface area contributed by atoms with Crippen LogP contribution in [0.2, 0.25) is 0 Å². The van der Waals surface area contributed by atoms with Crippen LogP contribution in [-0.4, -0.2) is 31.0 Å². The van der Waals surface area contributed by atoms with Gasteiger partial charge in [-0.3, -0.25) is 0 Å². The Morgan fingerprint density at radius 2 is 1.75 bits per heavy atom. The number of hydrogen-bond acceptors (Lipinski definition) is 5. The van der Waals surface area contributed by atoms with Gasteiger partial charge in [0.1, 0.15) is 17.2 Å². The third-order valence-corrected chi connectivity index (χ3v) is 2.34. The summed E-state index contributed by atoms with van der Waals surface area (Å²) in [6, 6.07) is 2.54. The van der Waals surface area contributed by atoms with Crippen molar-refractivity contribution in [1.29, 1.82) is 0 Å². The van der Waals surface area contributed by atoms with E-state index in [0.29, 0.717) is 23.5 Å². The van der Waals surface area contributed by atoms with E-state index in [1.807, 2.05) is 0 Å². The van der Waals surface area contributed by atoms with Crippen molar-refractivity contribution in [3.8, 4) is 17.2 Å². The normalized spacial score (nSPS) is 12.2. The SMILES string of the molecule is COc1cc(O)cc(OC)c1[C@H](N)CCO. The fourth-order valence-electron chi connectivity index (χ4n) is 1.57. The Morgan fingerprint density at radius 3 is 2.12 bits per heavy atom. The summed E-state index contributed by atoms with van der Waals surface area (Å²) < 4.78 is 10.3. The minimum absolute atomic E-state index is 0.0195. The second-order valence-corrected chi connectivity index (χ2v) is 3.38. The summed E-state index contributed by atoms with van der Waals surface area (Å²) in [7, 11) is 2.98. The van der Waals surface area contributed by atoms with Gasteiger partial charge >= 0.3 is 0 Å². The molecule has 0 fully saturated rings. The molecule has 0 amide bonds. The van der Waals surface area contributed by atoms with E-state index in [1.165, 1.54) is 26.4 Å². The largest absolute Gasteiger partial charge is 0.508 e. The van der Waals surface area contributed by atoms with Crippen LogP contribution in [0, 0.1) is 0 Å². The Balaban J connectivity index is 3.21. The number of benzene rings is 1. The second-order valence-electron chi connectivity index (χ2n) is 3.38. The maximum absolute atomic E-state index is 9.44. The molecule has 0 aliphatic carbocycles. The molecule has 1 atom stereocenters. The molecule has 0 aromatic heterocycles. The topological polar surface area (TPSA) is 84.9 Å². The molecular weight excluding hydrogens is 210 g/mol. The number of ether oxygens (including phenoxy) is 2. The molecule has 0 bridgehead atoms. The summed E-state index contributed by atoms with van der Waals surface area (Å²) >= 11 is 0. The van der Waals surface area contributed by atoms with Crippen LogP contribution in [-0.2, 0) is 0 Å². The van der Waals surface area contributed by atoms with Gasteiger partial charge in [-0.05, 0) is 6.42 Å². The first-order valence-electron chi connectivity index (χ1n) is 4.95. The van der Waals surface area contributed by atoms with Gasteiger partial charge in [0.05, 0.1) is 19.8 Å². The van der Waals surface area contributed by atoms with Crippen molar-refractivity contribution in [2.24, 2.45) is 5.73 Å². The van der Waals surface area contributed by atoms with Crippen LogP contribution in [0.25, 0.3) is 0 Å². The van der Waals surface area contributed by atoms with Crippen LogP contribution < -0.4 is 15.2 Å². The van der Waals surface area contributed by atoms with E-state index in [4.69, 9.17) is 20.3 Å². The van der Waals surface area contributed by atoms with Gasteiger partial charge in [0.15, 0.2) is 0 Å². The molecular formula is C11H17NO4. The fourth-order valence-corrected chi connectivity index (χ4v) is 1.57. The standard InChI is InChI=1S/C11H17NO4/c1-15-9-5-7(14)6-10(16-2)11(9)8(12)3-4-13/h5-6,8,13-14H,3-4,12H2,1-2H3/t8-/m1/s1. The molecule has 0 saturated carbocycles. The first-order valence-corrected chi connectivity index (χ1v) is 4.95. The third kappa shape index (κ3) is 2.56. The fraction of sp³-hybridized carbons (Fsp3) is 0.455. The van der Waals surface area contributed by atoms with Gasteiger partial charge in [0, 0.05) is 24.8 Å². The van der Waals surface area contributed by atoms with E-state index in [1.54, 1.807) is 0 Å². The second kappa shape index (κ2) is 5.58. The number of hydrogen-bond donors (Lipinski definition) is 3. The molecule has 0 aliphatic rings. The Hall–Kier alpha value is -1.46. The lowest BCUT2D eigenvalue weighted by Gasteiger charge is -2.18. The first kappa shape index (κ1) is 12.6. The van der Waals surface area contributed by atoms with E-state index in [9.17, 15) is 5.11 Å². The minimum atomic E-state index is -0.393. The molecule has 90 valence electrons. The summed E-state index contributed by atoms with van der Waals surface area (Å²) in [5, 5.41) is 18.3. The molecule has 0 saturated heterocycles. The van der Waals surface area contributed by atoms with Crippen molar-refractivity contribution in [2.45, 2.75) is 12.5 Å². The van der Waals surface area contributed by atoms with E-state index >= 15 is 0 Å². The first-order chi connectivity index (χ1) is 7.63. The van der Waals surface area contributed by atoms with Crippen LogP contribution in [0.3, 0.4) is 0 Å². The highest BCUT2D eigenvalue weighted by atomic mass is 16.5. The Bertz CT molecular complexity index is 329. The molecule has 1 aromatic rings. The number of aliphatic hydroxyl groups is 1. The van der Waals surface area contributed by atoms with E-state index in [-0.39, 0.29) is 12.4 Å². The van der Waals surface area contributed by atoms with Crippen LogP contribution in [0.1, 0.15) is 18.0 Å². The zero-order valence-electron chi connectivity index (χ0n) is 9.43. The summed E-state index contributed by atoms with van der Waals surface area (Å²) in [6.07, 6.45) is 0.400. The zero-order valence-corrected chi connectivity index (χ0v) is 9.43. The highest BCUT2D eigenvalue weighted by molar-refractivity contribution is 5.51. The van der Waals surface area contributed by atoms with Crippen molar-refractivity contribution in [3.05, 3.63) is 17.7 Å². The molecule has 5 heteroatoms. The van der Waals surface area contributed by atoms with Gasteiger partial charge in [-0.15, -0.1) is 0 Å². The van der Waals surface area contributed by atoms with Crippen LogP contribution in [0.4, 0.5) is 0 Å². The molecule has 16 heavy (non-hydrogen) atoms. The predicted octanol–water partition coefficient (Wildman–Crippen LogP) is 0.792. The third-order valence-electron chi connectivity index (χ3n) is 2.34. The molecule has 0 unspecified atom stereocenters. The molecule has 0 radical (unpaired) electrons. The molecule has 0 aliphatic heterocycles. The lowest BCUT2D eigenvalue weighted by atomic mass is 10.0. The van der Waals surface area contributed by atoms with Crippen molar-refractivity contribution in [2.75, 3.05) is 20.8 Å². The van der Waals surface area contributed by atoms with Gasteiger partial charge < -0.3 is 25.4 Å². The molecule has 1 aromatic carbocycles. The van der Waals surface area contributed by atoms with Crippen molar-refractivity contribution in [1.82, 2.24) is 0 Å². The Morgan fingerprint density at radius 1 is 1.25 bits per heavy atom. The van der Waals surface area contributed by atoms with E-state index in [0.717, 1.165) is 0 Å². The van der Waals surface area contributed by atoms with Gasteiger partial charge in [-0.2, -0.15) is 0 Å². The quantitative estimate of drug-likeness (QED) is 0.692. The Kier molecular flexibility index (Phi) is 4.39. The minimum Gasteiger partial charge on any atom is -0.508 e. The predicted molar refractivity (Wildman–Crippen MR) is 59.8 cm³/mol. The lowest BCUT2D eigenvalue weighted by Crippen LogP contribution is -2.14. The van der Waals surface area contributed by atoms with Gasteiger partial charge in [-0.25, -0.2) is 0 Å². The monoisotopic (exact) mass is 227 g/mol. The number of aliphatic hydroxyl groups excluding tert-OH is 1. The zero-order chi connectivity index (χ0) is 12.1. The maximum Gasteiger partial charge on any atom is 0.131 e. The molecule has 5 nitrogen and oxygen atoms in total. The highest BCUT2D eigenvalue weighted by Crippen LogP contribution is 2.37. The Labute approximate surface area is 94.4 Å². The van der Waals surface area contributed by atoms with Crippen LogP contribution in [0.5, 0.6) is 17.2 Å². The number of phenols is 1. The van der Waals surface area contributed by atoms with E-state index < -0.39 is 6.04 Å². The van der Waals surface area contributed by atoms with Crippen molar-refractivity contribution in [3.63, 3.8) is 0 Å². The van der Waals surface area contributed by atoms with Gasteiger partial charge in [0.2, 0.25) is 0 Å². The summed E-state index contributed by atoms with van der Waals surface area (Å²) in [4.78, 5) is 0. The summed E-state index contributed by atoms with van der Waals surface area (Å²) in [6.45, 7) is -0.0195. The van der Waals surface area contributed by atoms with Gasteiger partial charge in [0.25, 0.3) is 0 Å². The van der Waals surface area contributed by atoms with E-state index in [2.05, 4.69) is 0 Å². The maximum atomic E-state index is 9.44. The number of methoxy groups -OCH3 is 2. The van der Waals surface area contributed by atoms with Crippen LogP contribution >= 0.6 is 0 Å². The molecule has 4 N–H and O–H groups in total. The average molecular weight is 227 g/mol. The number of rotatable bonds is 5. The molecule has 1 rings (SSSR count). The van der Waals surface area contributed by atoms with Crippen molar-refractivity contribution >= 4 is 0 Å². The number of aromatic hydroxyl groups is 1. The number of nitrogens with two attached hydrogens (primary N) is 1. The molecule has 0 spiro atoms. The average Bonchev–Trinajstić information content (AvgIpc) is 2.27. The lowest BCUT2D eigenvalue weighted by molar-refractivity contribution is 0.273. The number of phenolic OH excluding ortho intramolecular Hbond substituents is 1. The molecule has 0 heterocycles. The van der Waals surface area contributed by atoms with Crippen LogP contribution in [0.15, 0.2) is 12.1 Å². The summed E-state index contributed by atoms with van der Waals surface area (Å²) in [5.74, 6) is 0.962. The highest BCUT2D eigenvalue weighted by Gasteiger charge is 2.18.